The largest absolute Gasteiger partial charge is 0.322 e. The van der Waals surface area contributed by atoms with Crippen LogP contribution < -0.4 is 10.6 Å². The molecular formula is C25H21N3O. The molecule has 0 aliphatic carbocycles. The summed E-state index contributed by atoms with van der Waals surface area (Å²) in [5.74, 6) is -0.114. The minimum Gasteiger partial charge on any atom is -0.322 e. The Labute approximate surface area is 169 Å². The van der Waals surface area contributed by atoms with Gasteiger partial charge in [0.05, 0.1) is 5.52 Å². The minimum atomic E-state index is -0.114. The van der Waals surface area contributed by atoms with E-state index in [0.717, 1.165) is 47.2 Å². The molecule has 0 bridgehead atoms. The number of carbonyl (C=O) groups is 1. The van der Waals surface area contributed by atoms with Gasteiger partial charge in [0, 0.05) is 41.8 Å². The highest BCUT2D eigenvalue weighted by Crippen LogP contribution is 2.24. The van der Waals surface area contributed by atoms with E-state index in [-0.39, 0.29) is 5.91 Å². The molecule has 0 unspecified atom stereocenters. The van der Waals surface area contributed by atoms with Gasteiger partial charge < -0.3 is 10.6 Å². The molecule has 2 N–H and O–H groups in total. The molecule has 4 nitrogen and oxygen atoms in total. The second-order valence-corrected chi connectivity index (χ2v) is 7.33. The lowest BCUT2D eigenvalue weighted by molar-refractivity contribution is 0.102. The lowest BCUT2D eigenvalue weighted by Gasteiger charge is -2.17. The second-order valence-electron chi connectivity index (χ2n) is 7.33. The molecule has 1 aliphatic heterocycles. The lowest BCUT2D eigenvalue weighted by atomic mass is 10.0. The number of anilines is 1. The number of aromatic nitrogens is 1. The Morgan fingerprint density at radius 1 is 0.897 bits per heavy atom. The maximum atomic E-state index is 12.7. The minimum absolute atomic E-state index is 0.114. The highest BCUT2D eigenvalue weighted by molar-refractivity contribution is 6.05. The van der Waals surface area contributed by atoms with Crippen LogP contribution in [0.1, 0.15) is 21.6 Å². The fourth-order valence-electron chi connectivity index (χ4n) is 3.79. The van der Waals surface area contributed by atoms with Crippen molar-refractivity contribution in [1.29, 1.82) is 0 Å². The zero-order valence-electron chi connectivity index (χ0n) is 16.0. The molecule has 142 valence electrons. The van der Waals surface area contributed by atoms with E-state index in [4.69, 9.17) is 4.98 Å². The first-order valence-electron chi connectivity index (χ1n) is 9.86. The number of fused-ring (bicyclic) bond motifs is 2. The summed E-state index contributed by atoms with van der Waals surface area (Å²) >= 11 is 0. The summed E-state index contributed by atoms with van der Waals surface area (Å²) in [6, 6.07) is 25.9. The van der Waals surface area contributed by atoms with E-state index in [1.807, 2.05) is 60.7 Å². The Morgan fingerprint density at radius 3 is 2.52 bits per heavy atom. The predicted octanol–water partition coefficient (Wildman–Crippen LogP) is 4.80. The van der Waals surface area contributed by atoms with Crippen LogP contribution in [0.15, 0.2) is 78.9 Å². The molecule has 0 spiro atoms. The highest BCUT2D eigenvalue weighted by Gasteiger charge is 2.12. The van der Waals surface area contributed by atoms with Gasteiger partial charge in [-0.25, -0.2) is 0 Å². The summed E-state index contributed by atoms with van der Waals surface area (Å²) in [7, 11) is 0. The normalized spacial score (nSPS) is 13.1. The van der Waals surface area contributed by atoms with Crippen molar-refractivity contribution in [3.63, 3.8) is 0 Å². The third-order valence-electron chi connectivity index (χ3n) is 5.35. The van der Waals surface area contributed by atoms with Crippen LogP contribution in [0, 0.1) is 0 Å². The summed E-state index contributed by atoms with van der Waals surface area (Å²) in [6.45, 7) is 1.82. The molecule has 1 aliphatic rings. The van der Waals surface area contributed by atoms with Crippen LogP contribution >= 0.6 is 0 Å². The van der Waals surface area contributed by atoms with Gasteiger partial charge in [-0.15, -0.1) is 0 Å². The number of carbonyl (C=O) groups excluding carboxylic acids is 1. The molecule has 0 saturated carbocycles. The number of nitrogens with one attached hydrogen (secondary N) is 2. The van der Waals surface area contributed by atoms with E-state index in [9.17, 15) is 4.79 Å². The van der Waals surface area contributed by atoms with Crippen LogP contribution in [0.2, 0.25) is 0 Å². The first kappa shape index (κ1) is 17.6. The van der Waals surface area contributed by atoms with Crippen molar-refractivity contribution >= 4 is 22.5 Å². The molecule has 3 aromatic carbocycles. The Hall–Kier alpha value is -3.50. The van der Waals surface area contributed by atoms with Crippen molar-refractivity contribution in [2.75, 3.05) is 11.9 Å². The topological polar surface area (TPSA) is 54.0 Å². The van der Waals surface area contributed by atoms with Gasteiger partial charge in [-0.1, -0.05) is 42.5 Å². The Bertz CT molecular complexity index is 1180. The summed E-state index contributed by atoms with van der Waals surface area (Å²) in [6.07, 6.45) is 0.961. The number of benzene rings is 3. The second kappa shape index (κ2) is 7.49. The first-order valence-corrected chi connectivity index (χ1v) is 9.86. The lowest BCUT2D eigenvalue weighted by Crippen LogP contribution is -2.24. The van der Waals surface area contributed by atoms with E-state index in [2.05, 4.69) is 28.8 Å². The molecule has 1 amide bonds. The van der Waals surface area contributed by atoms with E-state index < -0.39 is 0 Å². The van der Waals surface area contributed by atoms with Crippen LogP contribution in [0.25, 0.3) is 22.0 Å². The van der Waals surface area contributed by atoms with Gasteiger partial charge in [-0.2, -0.15) is 0 Å². The van der Waals surface area contributed by atoms with E-state index in [1.54, 1.807) is 0 Å². The number of hydrogen-bond donors (Lipinski definition) is 2. The summed E-state index contributed by atoms with van der Waals surface area (Å²) < 4.78 is 0. The molecule has 0 fully saturated rings. The van der Waals surface area contributed by atoms with Crippen LogP contribution in [0.4, 0.5) is 5.69 Å². The molecule has 5 rings (SSSR count). The monoisotopic (exact) mass is 379 g/mol. The van der Waals surface area contributed by atoms with Gasteiger partial charge >= 0.3 is 0 Å². The maximum absolute atomic E-state index is 12.7. The van der Waals surface area contributed by atoms with Crippen molar-refractivity contribution in [2.45, 2.75) is 13.0 Å². The Balaban J connectivity index is 1.36. The summed E-state index contributed by atoms with van der Waals surface area (Å²) in [5.41, 5.74) is 7.03. The van der Waals surface area contributed by atoms with Gasteiger partial charge in [0.2, 0.25) is 0 Å². The molecular weight excluding hydrogens is 358 g/mol. The van der Waals surface area contributed by atoms with Crippen molar-refractivity contribution in [3.8, 4) is 11.1 Å². The molecule has 4 heteroatoms. The number of pyridine rings is 1. The van der Waals surface area contributed by atoms with Gasteiger partial charge in [0.25, 0.3) is 5.91 Å². The highest BCUT2D eigenvalue weighted by atomic mass is 16.1. The molecule has 4 aromatic rings. The van der Waals surface area contributed by atoms with Crippen molar-refractivity contribution < 1.29 is 4.79 Å². The van der Waals surface area contributed by atoms with Gasteiger partial charge in [0.1, 0.15) is 0 Å². The average molecular weight is 379 g/mol. The van der Waals surface area contributed by atoms with Gasteiger partial charge in [-0.05, 0) is 53.1 Å². The molecule has 1 aromatic heterocycles. The van der Waals surface area contributed by atoms with Crippen molar-refractivity contribution in [1.82, 2.24) is 10.3 Å². The number of rotatable bonds is 3. The summed E-state index contributed by atoms with van der Waals surface area (Å²) in [5, 5.41) is 7.43. The Kier molecular flexibility index (Phi) is 4.54. The van der Waals surface area contributed by atoms with E-state index in [1.165, 1.54) is 11.3 Å². The van der Waals surface area contributed by atoms with Crippen LogP contribution in [0.5, 0.6) is 0 Å². The van der Waals surface area contributed by atoms with E-state index in [0.29, 0.717) is 5.56 Å². The smallest absolute Gasteiger partial charge is 0.255 e. The number of hydrogen-bond acceptors (Lipinski definition) is 3. The fourth-order valence-corrected chi connectivity index (χ4v) is 3.79. The van der Waals surface area contributed by atoms with Gasteiger partial charge in [0.15, 0.2) is 0 Å². The zero-order valence-corrected chi connectivity index (χ0v) is 16.0. The predicted molar refractivity (Wildman–Crippen MR) is 117 cm³/mol. The van der Waals surface area contributed by atoms with Crippen LogP contribution in [-0.4, -0.2) is 17.4 Å². The third kappa shape index (κ3) is 3.62. The average Bonchev–Trinajstić information content (AvgIpc) is 2.78. The standard InChI is InChI=1S/C25H21N3O/c29-25(19-8-6-18(7-9-19)17-4-2-1-3-5-17)27-22-10-11-23-20(15-22)14-21-16-26-13-12-24(21)28-23/h1-11,14-15,26H,12-13,16H2,(H,27,29). The molecule has 0 radical (unpaired) electrons. The molecule has 0 saturated heterocycles. The fraction of sp³-hybridized carbons (Fsp3) is 0.120. The van der Waals surface area contributed by atoms with Crippen molar-refractivity contribution in [3.05, 3.63) is 95.7 Å². The summed E-state index contributed by atoms with van der Waals surface area (Å²) in [4.78, 5) is 17.5. The molecule has 0 atom stereocenters. The Morgan fingerprint density at radius 2 is 1.69 bits per heavy atom. The first-order chi connectivity index (χ1) is 14.3. The number of amides is 1. The van der Waals surface area contributed by atoms with Gasteiger partial charge in [-0.3, -0.25) is 9.78 Å². The molecule has 2 heterocycles. The zero-order chi connectivity index (χ0) is 19.6. The quantitative estimate of drug-likeness (QED) is 0.538. The van der Waals surface area contributed by atoms with Crippen molar-refractivity contribution in [2.24, 2.45) is 0 Å². The van der Waals surface area contributed by atoms with Crippen LogP contribution in [-0.2, 0) is 13.0 Å². The van der Waals surface area contributed by atoms with Crippen LogP contribution in [0.3, 0.4) is 0 Å². The third-order valence-corrected chi connectivity index (χ3v) is 5.35. The van der Waals surface area contributed by atoms with E-state index >= 15 is 0 Å². The maximum Gasteiger partial charge on any atom is 0.255 e. The SMILES string of the molecule is O=C(Nc1ccc2nc3c(cc2c1)CNCC3)c1ccc(-c2ccccc2)cc1. The molecule has 29 heavy (non-hydrogen) atoms. The number of nitrogens with zero attached hydrogens (tertiary/aromatic N) is 1.